The Morgan fingerprint density at radius 3 is 2.79 bits per heavy atom. The maximum atomic E-state index is 11.9. The molecule has 8 heteroatoms. The van der Waals surface area contributed by atoms with Crippen molar-refractivity contribution in [1.29, 1.82) is 0 Å². The summed E-state index contributed by atoms with van der Waals surface area (Å²) >= 11 is 1.30. The molecule has 24 heavy (non-hydrogen) atoms. The summed E-state index contributed by atoms with van der Waals surface area (Å²) in [7, 11) is 1.86. The van der Waals surface area contributed by atoms with Crippen molar-refractivity contribution in [2.75, 3.05) is 6.61 Å². The van der Waals surface area contributed by atoms with Gasteiger partial charge in [-0.2, -0.15) is 5.10 Å². The minimum absolute atomic E-state index is 0.231. The molecule has 0 saturated carbocycles. The summed E-state index contributed by atoms with van der Waals surface area (Å²) in [6.07, 6.45) is 3.22. The normalized spacial score (nSPS) is 11.0. The van der Waals surface area contributed by atoms with E-state index in [-0.39, 0.29) is 18.1 Å². The van der Waals surface area contributed by atoms with Crippen molar-refractivity contribution in [1.82, 2.24) is 20.1 Å². The zero-order valence-electron chi connectivity index (χ0n) is 14.1. The lowest BCUT2D eigenvalue weighted by Crippen LogP contribution is -2.20. The second-order valence-corrected chi connectivity index (χ2v) is 6.05. The van der Waals surface area contributed by atoms with Gasteiger partial charge in [0, 0.05) is 29.8 Å². The van der Waals surface area contributed by atoms with Crippen LogP contribution >= 0.6 is 11.3 Å². The third kappa shape index (κ3) is 4.29. The first-order valence-electron chi connectivity index (χ1n) is 7.50. The lowest BCUT2D eigenvalue weighted by atomic mass is 10.2. The number of thiazole rings is 1. The SMILES string of the molecule is CCOC(=O)c1csc(CNC(=O)C=Cc2c(C)nn(C)c2C)n1. The van der Waals surface area contributed by atoms with Gasteiger partial charge in [-0.3, -0.25) is 9.48 Å². The van der Waals surface area contributed by atoms with E-state index in [4.69, 9.17) is 4.74 Å². The smallest absolute Gasteiger partial charge is 0.357 e. The number of ether oxygens (including phenoxy) is 1. The van der Waals surface area contributed by atoms with Gasteiger partial charge in [-0.05, 0) is 26.8 Å². The molecular formula is C16H20N4O3S. The van der Waals surface area contributed by atoms with Crippen LogP contribution in [0.5, 0.6) is 0 Å². The van der Waals surface area contributed by atoms with E-state index in [2.05, 4.69) is 15.4 Å². The van der Waals surface area contributed by atoms with Crippen molar-refractivity contribution in [2.24, 2.45) is 7.05 Å². The summed E-state index contributed by atoms with van der Waals surface area (Å²) < 4.78 is 6.65. The van der Waals surface area contributed by atoms with Crippen molar-refractivity contribution in [2.45, 2.75) is 27.3 Å². The predicted octanol–water partition coefficient (Wildman–Crippen LogP) is 2.00. The van der Waals surface area contributed by atoms with Crippen LogP contribution in [0.1, 0.15) is 39.4 Å². The number of rotatable bonds is 6. The number of amides is 1. The quantitative estimate of drug-likeness (QED) is 0.637. The number of carbonyl (C=O) groups excluding carboxylic acids is 2. The fourth-order valence-corrected chi connectivity index (χ4v) is 2.81. The molecule has 1 amide bonds. The van der Waals surface area contributed by atoms with Crippen molar-refractivity contribution < 1.29 is 14.3 Å². The van der Waals surface area contributed by atoms with Crippen molar-refractivity contribution >= 4 is 29.3 Å². The number of hydrogen-bond acceptors (Lipinski definition) is 6. The minimum Gasteiger partial charge on any atom is -0.461 e. The second-order valence-electron chi connectivity index (χ2n) is 5.11. The highest BCUT2D eigenvalue weighted by Gasteiger charge is 2.12. The van der Waals surface area contributed by atoms with Crippen molar-refractivity contribution in [3.05, 3.63) is 39.1 Å². The van der Waals surface area contributed by atoms with Crippen LogP contribution in [0.3, 0.4) is 0 Å². The molecule has 0 aliphatic heterocycles. The molecule has 0 saturated heterocycles. The maximum Gasteiger partial charge on any atom is 0.357 e. The van der Waals surface area contributed by atoms with E-state index in [1.165, 1.54) is 17.4 Å². The molecule has 0 aliphatic rings. The van der Waals surface area contributed by atoms with Crippen LogP contribution in [-0.4, -0.2) is 33.2 Å². The standard InChI is InChI=1S/C16H20N4O3S/c1-5-23-16(22)13-9-24-15(18-13)8-17-14(21)7-6-12-10(2)19-20(4)11(12)3/h6-7,9H,5,8H2,1-4H3,(H,17,21). The van der Waals surface area contributed by atoms with E-state index in [9.17, 15) is 9.59 Å². The number of nitrogens with one attached hydrogen (secondary N) is 1. The van der Waals surface area contributed by atoms with Crippen LogP contribution < -0.4 is 5.32 Å². The van der Waals surface area contributed by atoms with Gasteiger partial charge in [0.15, 0.2) is 5.69 Å². The van der Waals surface area contributed by atoms with E-state index in [1.807, 2.05) is 20.9 Å². The summed E-state index contributed by atoms with van der Waals surface area (Å²) in [4.78, 5) is 27.6. The molecule has 2 rings (SSSR count). The summed E-state index contributed by atoms with van der Waals surface area (Å²) in [6, 6.07) is 0. The average Bonchev–Trinajstić information content (AvgIpc) is 3.10. The van der Waals surface area contributed by atoms with Gasteiger partial charge in [-0.1, -0.05) is 0 Å². The van der Waals surface area contributed by atoms with E-state index in [1.54, 1.807) is 23.1 Å². The summed E-state index contributed by atoms with van der Waals surface area (Å²) in [6.45, 7) is 6.16. The van der Waals surface area contributed by atoms with E-state index in [0.717, 1.165) is 17.0 Å². The summed E-state index contributed by atoms with van der Waals surface area (Å²) in [5.41, 5.74) is 3.07. The Labute approximate surface area is 144 Å². The second kappa shape index (κ2) is 7.87. The number of hydrogen-bond donors (Lipinski definition) is 1. The van der Waals surface area contributed by atoms with Crippen LogP contribution in [0.2, 0.25) is 0 Å². The molecule has 0 atom stereocenters. The summed E-state index contributed by atoms with van der Waals surface area (Å²) in [5, 5.41) is 9.31. The Morgan fingerprint density at radius 2 is 2.17 bits per heavy atom. The minimum atomic E-state index is -0.450. The lowest BCUT2D eigenvalue weighted by molar-refractivity contribution is -0.116. The molecule has 0 aliphatic carbocycles. The van der Waals surface area contributed by atoms with Crippen molar-refractivity contribution in [3.8, 4) is 0 Å². The first kappa shape index (κ1) is 17.9. The van der Waals surface area contributed by atoms with Crippen molar-refractivity contribution in [3.63, 3.8) is 0 Å². The molecule has 7 nitrogen and oxygen atoms in total. The molecule has 0 aromatic carbocycles. The first-order chi connectivity index (χ1) is 11.4. The molecule has 0 bridgehead atoms. The largest absolute Gasteiger partial charge is 0.461 e. The molecule has 0 spiro atoms. The number of nitrogens with zero attached hydrogens (tertiary/aromatic N) is 3. The molecule has 1 N–H and O–H groups in total. The lowest BCUT2D eigenvalue weighted by Gasteiger charge is -1.99. The number of esters is 1. The monoisotopic (exact) mass is 348 g/mol. The molecular weight excluding hydrogens is 328 g/mol. The van der Waals surface area contributed by atoms with Crippen LogP contribution in [0.25, 0.3) is 6.08 Å². The third-order valence-electron chi connectivity index (χ3n) is 3.42. The number of aryl methyl sites for hydroxylation is 2. The van der Waals surface area contributed by atoms with Gasteiger partial charge in [0.25, 0.3) is 0 Å². The van der Waals surface area contributed by atoms with Gasteiger partial charge in [-0.15, -0.1) is 11.3 Å². The Kier molecular flexibility index (Phi) is 5.86. The van der Waals surface area contributed by atoms with Crippen LogP contribution in [-0.2, 0) is 23.1 Å². The van der Waals surface area contributed by atoms with Gasteiger partial charge < -0.3 is 10.1 Å². The first-order valence-corrected chi connectivity index (χ1v) is 8.38. The van der Waals surface area contributed by atoms with Gasteiger partial charge in [0.2, 0.25) is 5.91 Å². The van der Waals surface area contributed by atoms with Crippen LogP contribution in [0.15, 0.2) is 11.5 Å². The van der Waals surface area contributed by atoms with Gasteiger partial charge in [0.1, 0.15) is 5.01 Å². The zero-order chi connectivity index (χ0) is 17.7. The predicted molar refractivity (Wildman–Crippen MR) is 91.6 cm³/mol. The molecule has 0 fully saturated rings. The molecule has 2 aromatic rings. The highest BCUT2D eigenvalue weighted by Crippen LogP contribution is 2.14. The topological polar surface area (TPSA) is 86.1 Å². The average molecular weight is 348 g/mol. The highest BCUT2D eigenvalue weighted by molar-refractivity contribution is 7.09. The Bertz CT molecular complexity index is 776. The maximum absolute atomic E-state index is 11.9. The van der Waals surface area contributed by atoms with E-state index in [0.29, 0.717) is 11.6 Å². The van der Waals surface area contributed by atoms with Gasteiger partial charge >= 0.3 is 5.97 Å². The Balaban J connectivity index is 1.91. The van der Waals surface area contributed by atoms with Crippen LogP contribution in [0, 0.1) is 13.8 Å². The van der Waals surface area contributed by atoms with E-state index >= 15 is 0 Å². The van der Waals surface area contributed by atoms with Gasteiger partial charge in [-0.25, -0.2) is 9.78 Å². The van der Waals surface area contributed by atoms with E-state index < -0.39 is 5.97 Å². The van der Waals surface area contributed by atoms with Crippen LogP contribution in [0.4, 0.5) is 0 Å². The number of aromatic nitrogens is 3. The number of carbonyl (C=O) groups is 2. The third-order valence-corrected chi connectivity index (χ3v) is 4.27. The molecule has 0 radical (unpaired) electrons. The Hall–Kier alpha value is -2.48. The Morgan fingerprint density at radius 1 is 1.42 bits per heavy atom. The fraction of sp³-hybridized carbons (Fsp3) is 0.375. The molecule has 2 heterocycles. The fourth-order valence-electron chi connectivity index (χ4n) is 2.10. The molecule has 128 valence electrons. The highest BCUT2D eigenvalue weighted by atomic mass is 32.1. The van der Waals surface area contributed by atoms with Gasteiger partial charge in [0.05, 0.1) is 18.8 Å². The molecule has 2 aromatic heterocycles. The summed E-state index contributed by atoms with van der Waals surface area (Å²) in [5.74, 6) is -0.681. The zero-order valence-corrected chi connectivity index (χ0v) is 14.9. The molecule has 0 unspecified atom stereocenters.